The van der Waals surface area contributed by atoms with Crippen LogP contribution in [0.15, 0.2) is 30.3 Å². The Kier molecular flexibility index (Phi) is 8.72. The Morgan fingerprint density at radius 2 is 1.94 bits per heavy atom. The number of benzene rings is 1. The monoisotopic (exact) mass is 442 g/mol. The highest BCUT2D eigenvalue weighted by molar-refractivity contribution is 5.90. The van der Waals surface area contributed by atoms with Crippen molar-refractivity contribution in [2.75, 3.05) is 33.2 Å². The molecule has 0 bridgehead atoms. The lowest BCUT2D eigenvalue weighted by atomic mass is 9.79. The maximum atomic E-state index is 13.6. The topological polar surface area (TPSA) is 64.7 Å². The lowest BCUT2D eigenvalue weighted by Gasteiger charge is -2.37. The summed E-state index contributed by atoms with van der Waals surface area (Å²) in [6.45, 7) is 10.1. The summed E-state index contributed by atoms with van der Waals surface area (Å²) in [4.78, 5) is 30.8. The van der Waals surface area contributed by atoms with Crippen molar-refractivity contribution in [1.29, 1.82) is 0 Å². The van der Waals surface area contributed by atoms with Gasteiger partial charge in [0.1, 0.15) is 6.04 Å². The van der Waals surface area contributed by atoms with Crippen molar-refractivity contribution >= 4 is 11.8 Å². The molecule has 0 spiro atoms. The fraction of sp³-hybridized carbons (Fsp3) is 0.692. The molecule has 4 atom stereocenters. The zero-order valence-corrected chi connectivity index (χ0v) is 20.4. The predicted molar refractivity (Wildman–Crippen MR) is 129 cm³/mol. The number of likely N-dealkylation sites (N-methyl/N-ethyl adjacent to an activating group) is 1. The maximum Gasteiger partial charge on any atom is 0.245 e. The quantitative estimate of drug-likeness (QED) is 0.617. The fourth-order valence-corrected chi connectivity index (χ4v) is 5.30. The number of fused-ring (bicyclic) bond motifs is 1. The third kappa shape index (κ3) is 5.90. The number of nitrogens with zero attached hydrogens (tertiary/aromatic N) is 2. The van der Waals surface area contributed by atoms with E-state index in [4.69, 9.17) is 0 Å². The molecule has 2 amide bonds. The number of nitrogens with one attached hydrogen (secondary N) is 2. The minimum atomic E-state index is -0.438. The van der Waals surface area contributed by atoms with Crippen LogP contribution in [0.4, 0.5) is 0 Å². The average Bonchev–Trinajstić information content (AvgIpc) is 3.02. The first-order valence-electron chi connectivity index (χ1n) is 12.4. The van der Waals surface area contributed by atoms with E-state index in [0.717, 1.165) is 51.9 Å². The van der Waals surface area contributed by atoms with Crippen LogP contribution in [0.25, 0.3) is 0 Å². The third-order valence-electron chi connectivity index (χ3n) is 7.62. The maximum absolute atomic E-state index is 13.6. The van der Waals surface area contributed by atoms with Gasteiger partial charge in [0.25, 0.3) is 0 Å². The zero-order valence-electron chi connectivity index (χ0n) is 20.4. The average molecular weight is 443 g/mol. The molecular weight excluding hydrogens is 400 g/mol. The summed E-state index contributed by atoms with van der Waals surface area (Å²) in [5, 5.41) is 5.99. The van der Waals surface area contributed by atoms with Crippen molar-refractivity contribution < 1.29 is 9.59 Å². The van der Waals surface area contributed by atoms with Crippen LogP contribution in [0, 0.1) is 5.41 Å². The molecular formula is C26H42N4O2. The molecule has 178 valence electrons. The Balaban J connectivity index is 1.70. The molecule has 2 fully saturated rings. The van der Waals surface area contributed by atoms with Crippen LogP contribution in [-0.2, 0) is 16.0 Å². The van der Waals surface area contributed by atoms with E-state index in [1.165, 1.54) is 12.0 Å². The van der Waals surface area contributed by atoms with Gasteiger partial charge in [-0.1, -0.05) is 50.6 Å². The smallest absolute Gasteiger partial charge is 0.245 e. The molecule has 1 aromatic rings. The summed E-state index contributed by atoms with van der Waals surface area (Å²) in [5.74, 6) is -0.00579. The second kappa shape index (κ2) is 11.3. The summed E-state index contributed by atoms with van der Waals surface area (Å²) in [5.41, 5.74) is 1.53. The normalized spacial score (nSPS) is 25.6. The van der Waals surface area contributed by atoms with Crippen LogP contribution in [0.5, 0.6) is 0 Å². The molecule has 32 heavy (non-hydrogen) atoms. The minimum absolute atomic E-state index is 0.0992. The number of hydrogen-bond acceptors (Lipinski definition) is 4. The number of rotatable bonds is 9. The van der Waals surface area contributed by atoms with E-state index in [0.29, 0.717) is 6.42 Å². The van der Waals surface area contributed by atoms with E-state index in [2.05, 4.69) is 64.6 Å². The Morgan fingerprint density at radius 3 is 2.62 bits per heavy atom. The van der Waals surface area contributed by atoms with Crippen LogP contribution in [0.2, 0.25) is 0 Å². The molecule has 0 saturated carbocycles. The molecule has 6 heteroatoms. The second-order valence-electron chi connectivity index (χ2n) is 9.95. The van der Waals surface area contributed by atoms with Crippen LogP contribution in [0.3, 0.4) is 0 Å². The minimum Gasteiger partial charge on any atom is -0.343 e. The second-order valence-corrected chi connectivity index (χ2v) is 9.95. The number of hydrogen-bond donors (Lipinski definition) is 2. The molecule has 0 aromatic heterocycles. The fourth-order valence-electron chi connectivity index (χ4n) is 5.30. The highest BCUT2D eigenvalue weighted by atomic mass is 16.2. The molecule has 2 aliphatic rings. The van der Waals surface area contributed by atoms with E-state index < -0.39 is 6.04 Å². The predicted octanol–water partition coefficient (Wildman–Crippen LogP) is 2.82. The van der Waals surface area contributed by atoms with E-state index in [-0.39, 0.29) is 29.3 Å². The molecule has 0 radical (unpaired) electrons. The summed E-state index contributed by atoms with van der Waals surface area (Å²) >= 11 is 0. The molecule has 2 aliphatic heterocycles. The van der Waals surface area contributed by atoms with Gasteiger partial charge in [0.15, 0.2) is 0 Å². The van der Waals surface area contributed by atoms with Gasteiger partial charge in [-0.15, -0.1) is 0 Å². The van der Waals surface area contributed by atoms with Crippen LogP contribution in [0.1, 0.15) is 58.4 Å². The van der Waals surface area contributed by atoms with E-state index in [1.54, 1.807) is 7.05 Å². The van der Waals surface area contributed by atoms with Crippen LogP contribution >= 0.6 is 0 Å². The lowest BCUT2D eigenvalue weighted by Crippen LogP contribution is -2.56. The summed E-state index contributed by atoms with van der Waals surface area (Å²) in [7, 11) is 1.77. The summed E-state index contributed by atoms with van der Waals surface area (Å²) in [6.07, 6.45) is 5.97. The SMILES string of the molecule is CCC[C@H](NC(=O)[C@H](C)NC)C(=O)N1CC[C@@]2(C)CCCN(CCc3ccccc3)C[C@@H]12. The van der Waals surface area contributed by atoms with Crippen LogP contribution in [-0.4, -0.2) is 73.0 Å². The van der Waals surface area contributed by atoms with E-state index in [9.17, 15) is 9.59 Å². The molecule has 0 aliphatic carbocycles. The van der Waals surface area contributed by atoms with Crippen molar-refractivity contribution in [2.24, 2.45) is 5.41 Å². The van der Waals surface area contributed by atoms with Gasteiger partial charge < -0.3 is 20.4 Å². The Labute approximate surface area is 194 Å². The highest BCUT2D eigenvalue weighted by Gasteiger charge is 2.48. The first-order valence-corrected chi connectivity index (χ1v) is 12.4. The Bertz CT molecular complexity index is 755. The number of carbonyl (C=O) groups excluding carboxylic acids is 2. The van der Waals surface area contributed by atoms with Gasteiger partial charge in [-0.05, 0) is 63.6 Å². The molecule has 6 nitrogen and oxygen atoms in total. The van der Waals surface area contributed by atoms with Gasteiger partial charge in [-0.2, -0.15) is 0 Å². The number of carbonyl (C=O) groups is 2. The molecule has 2 heterocycles. The largest absolute Gasteiger partial charge is 0.343 e. The molecule has 2 N–H and O–H groups in total. The lowest BCUT2D eigenvalue weighted by molar-refractivity contribution is -0.138. The van der Waals surface area contributed by atoms with Crippen molar-refractivity contribution in [3.8, 4) is 0 Å². The van der Waals surface area contributed by atoms with Gasteiger partial charge in [0.2, 0.25) is 11.8 Å². The van der Waals surface area contributed by atoms with Crippen molar-refractivity contribution in [2.45, 2.75) is 77.4 Å². The molecule has 2 saturated heterocycles. The standard InChI is InChI=1S/C26H42N4O2/c1-5-10-22(28-24(31)20(2)27-4)25(32)30-18-15-26(3)14-9-16-29(19-23(26)30)17-13-21-11-7-6-8-12-21/h6-8,11-12,20,22-23,27H,5,9-10,13-19H2,1-4H3,(H,28,31)/t20-,22-,23+,26+/m0/s1. The van der Waals surface area contributed by atoms with E-state index >= 15 is 0 Å². The first kappa shape index (κ1) is 24.7. The van der Waals surface area contributed by atoms with Crippen LogP contribution < -0.4 is 10.6 Å². The van der Waals surface area contributed by atoms with Gasteiger partial charge in [-0.25, -0.2) is 0 Å². The van der Waals surface area contributed by atoms with Gasteiger partial charge in [0.05, 0.1) is 6.04 Å². The van der Waals surface area contributed by atoms with E-state index in [1.807, 2.05) is 6.92 Å². The van der Waals surface area contributed by atoms with Gasteiger partial charge in [0, 0.05) is 25.7 Å². The summed E-state index contributed by atoms with van der Waals surface area (Å²) < 4.78 is 0. The third-order valence-corrected chi connectivity index (χ3v) is 7.62. The van der Waals surface area contributed by atoms with Crippen molar-refractivity contribution in [1.82, 2.24) is 20.4 Å². The Morgan fingerprint density at radius 1 is 1.19 bits per heavy atom. The highest BCUT2D eigenvalue weighted by Crippen LogP contribution is 2.43. The van der Waals surface area contributed by atoms with Crippen molar-refractivity contribution in [3.63, 3.8) is 0 Å². The van der Waals surface area contributed by atoms with Gasteiger partial charge >= 0.3 is 0 Å². The molecule has 1 aromatic carbocycles. The first-order chi connectivity index (χ1) is 15.4. The molecule has 0 unspecified atom stereocenters. The molecule has 3 rings (SSSR count). The Hall–Kier alpha value is -1.92. The number of likely N-dealkylation sites (tertiary alicyclic amines) is 2. The zero-order chi connectivity index (χ0) is 23.1. The van der Waals surface area contributed by atoms with Crippen molar-refractivity contribution in [3.05, 3.63) is 35.9 Å². The summed E-state index contributed by atoms with van der Waals surface area (Å²) in [6, 6.07) is 10.1. The number of amides is 2. The van der Waals surface area contributed by atoms with Gasteiger partial charge in [-0.3, -0.25) is 9.59 Å².